The average Bonchev–Trinajstić information content (AvgIpc) is 3.21. The van der Waals surface area contributed by atoms with Crippen LogP contribution in [0.25, 0.3) is 0 Å². The minimum atomic E-state index is -0.771. The zero-order valence-corrected chi connectivity index (χ0v) is 18.5. The number of hydrogen-bond donors (Lipinski definition) is 1. The largest absolute Gasteiger partial charge is 0.324 e. The number of thioether (sulfide) groups is 1. The van der Waals surface area contributed by atoms with Gasteiger partial charge in [-0.1, -0.05) is 24.3 Å². The number of carbonyl (C=O) groups excluding carboxylic acids is 2. The van der Waals surface area contributed by atoms with E-state index < -0.39 is 23.1 Å². The first-order valence-corrected chi connectivity index (χ1v) is 11.2. The highest BCUT2D eigenvalue weighted by Gasteiger charge is 2.42. The Morgan fingerprint density at radius 1 is 0.938 bits per heavy atom. The second-order valence-corrected chi connectivity index (χ2v) is 8.88. The molecule has 4 nitrogen and oxygen atoms in total. The van der Waals surface area contributed by atoms with Crippen molar-refractivity contribution in [3.63, 3.8) is 0 Å². The SMILES string of the molecule is Cc1ccc(NC(=O)C2CSC(c3ccc(F)cc3)N2C(=O)c2cccc(F)c2)cc1C. The van der Waals surface area contributed by atoms with Gasteiger partial charge in [0, 0.05) is 17.0 Å². The van der Waals surface area contributed by atoms with Crippen molar-refractivity contribution in [2.24, 2.45) is 0 Å². The predicted octanol–water partition coefficient (Wildman–Crippen LogP) is 5.48. The third kappa shape index (κ3) is 4.53. The van der Waals surface area contributed by atoms with Crippen molar-refractivity contribution in [1.29, 1.82) is 0 Å². The Hall–Kier alpha value is -3.19. The second-order valence-electron chi connectivity index (χ2n) is 7.76. The van der Waals surface area contributed by atoms with E-state index in [-0.39, 0.29) is 17.3 Å². The highest BCUT2D eigenvalue weighted by atomic mass is 32.2. The first kappa shape index (κ1) is 22.0. The summed E-state index contributed by atoms with van der Waals surface area (Å²) in [7, 11) is 0. The Labute approximate surface area is 189 Å². The Bertz CT molecular complexity index is 1170. The van der Waals surface area contributed by atoms with Crippen molar-refractivity contribution in [3.8, 4) is 0 Å². The average molecular weight is 453 g/mol. The molecule has 2 unspecified atom stereocenters. The molecule has 0 aromatic heterocycles. The molecule has 2 amide bonds. The van der Waals surface area contributed by atoms with Gasteiger partial charge in [-0.2, -0.15) is 0 Å². The standard InChI is InChI=1S/C25H22F2N2O2S/c1-15-6-11-21(12-16(15)2)28-23(30)22-14-32-25(17-7-9-19(26)10-8-17)29(22)24(31)18-4-3-5-20(27)13-18/h3-13,22,25H,14H2,1-2H3,(H,28,30). The first-order valence-electron chi connectivity index (χ1n) is 10.2. The van der Waals surface area contributed by atoms with Gasteiger partial charge in [-0.15, -0.1) is 11.8 Å². The van der Waals surface area contributed by atoms with E-state index in [4.69, 9.17) is 0 Å². The number of amides is 2. The Morgan fingerprint density at radius 3 is 2.38 bits per heavy atom. The van der Waals surface area contributed by atoms with E-state index in [1.54, 1.807) is 12.1 Å². The number of nitrogens with one attached hydrogen (secondary N) is 1. The van der Waals surface area contributed by atoms with Gasteiger partial charge in [0.2, 0.25) is 5.91 Å². The van der Waals surface area contributed by atoms with Crippen LogP contribution in [-0.2, 0) is 4.79 Å². The van der Waals surface area contributed by atoms with Crippen molar-refractivity contribution < 1.29 is 18.4 Å². The lowest BCUT2D eigenvalue weighted by atomic mass is 10.1. The first-order chi connectivity index (χ1) is 15.3. The summed E-state index contributed by atoms with van der Waals surface area (Å²) in [4.78, 5) is 28.1. The van der Waals surface area contributed by atoms with E-state index in [2.05, 4.69) is 5.32 Å². The Balaban J connectivity index is 1.66. The van der Waals surface area contributed by atoms with Crippen molar-refractivity contribution >= 4 is 29.3 Å². The summed E-state index contributed by atoms with van der Waals surface area (Å²) in [6.07, 6.45) is 0. The summed E-state index contributed by atoms with van der Waals surface area (Å²) in [6.45, 7) is 3.95. The molecular formula is C25H22F2N2O2S. The lowest BCUT2D eigenvalue weighted by molar-refractivity contribution is -0.119. The maximum Gasteiger partial charge on any atom is 0.255 e. The molecule has 1 aliphatic heterocycles. The maximum atomic E-state index is 13.8. The minimum absolute atomic E-state index is 0.156. The third-order valence-corrected chi connectivity index (χ3v) is 6.86. The predicted molar refractivity (Wildman–Crippen MR) is 123 cm³/mol. The van der Waals surface area contributed by atoms with Crippen LogP contribution in [0.1, 0.15) is 32.4 Å². The van der Waals surface area contributed by atoms with Gasteiger partial charge in [0.05, 0.1) is 0 Å². The molecule has 0 saturated carbocycles. The van der Waals surface area contributed by atoms with Crippen LogP contribution in [-0.4, -0.2) is 28.5 Å². The number of halogens is 2. The molecular weight excluding hydrogens is 430 g/mol. The summed E-state index contributed by atoms with van der Waals surface area (Å²) in [6, 6.07) is 16.1. The van der Waals surface area contributed by atoms with Gasteiger partial charge in [-0.3, -0.25) is 9.59 Å². The monoisotopic (exact) mass is 452 g/mol. The van der Waals surface area contributed by atoms with Crippen LogP contribution in [0, 0.1) is 25.5 Å². The number of benzene rings is 3. The fraction of sp³-hybridized carbons (Fsp3) is 0.200. The van der Waals surface area contributed by atoms with E-state index in [0.717, 1.165) is 17.2 Å². The molecule has 32 heavy (non-hydrogen) atoms. The van der Waals surface area contributed by atoms with E-state index in [1.807, 2.05) is 32.0 Å². The van der Waals surface area contributed by atoms with Crippen molar-refractivity contribution in [2.45, 2.75) is 25.3 Å². The van der Waals surface area contributed by atoms with Gasteiger partial charge < -0.3 is 10.2 Å². The van der Waals surface area contributed by atoms with Crippen LogP contribution in [0.5, 0.6) is 0 Å². The van der Waals surface area contributed by atoms with Crippen LogP contribution in [0.15, 0.2) is 66.7 Å². The summed E-state index contributed by atoms with van der Waals surface area (Å²) in [5.41, 5.74) is 3.65. The zero-order chi connectivity index (χ0) is 22.8. The summed E-state index contributed by atoms with van der Waals surface area (Å²) in [5, 5.41) is 2.40. The zero-order valence-electron chi connectivity index (χ0n) is 17.6. The molecule has 4 rings (SSSR count). The molecule has 3 aromatic carbocycles. The van der Waals surface area contributed by atoms with Crippen LogP contribution in [0.2, 0.25) is 0 Å². The molecule has 0 bridgehead atoms. The molecule has 0 spiro atoms. The lowest BCUT2D eigenvalue weighted by Crippen LogP contribution is -2.45. The fourth-order valence-corrected chi connectivity index (χ4v) is 5.09. The molecule has 3 aromatic rings. The number of aryl methyl sites for hydroxylation is 2. The van der Waals surface area contributed by atoms with Crippen LogP contribution in [0.3, 0.4) is 0 Å². The Morgan fingerprint density at radius 2 is 1.69 bits per heavy atom. The van der Waals surface area contributed by atoms with E-state index in [9.17, 15) is 18.4 Å². The fourth-order valence-electron chi connectivity index (χ4n) is 3.66. The lowest BCUT2D eigenvalue weighted by Gasteiger charge is -2.29. The molecule has 1 aliphatic rings. The molecule has 164 valence electrons. The molecule has 7 heteroatoms. The van der Waals surface area contributed by atoms with E-state index in [0.29, 0.717) is 17.0 Å². The molecule has 2 atom stereocenters. The molecule has 1 fully saturated rings. The molecule has 1 heterocycles. The van der Waals surface area contributed by atoms with Gasteiger partial charge in [0.1, 0.15) is 23.1 Å². The summed E-state index contributed by atoms with van der Waals surface area (Å²) >= 11 is 1.42. The summed E-state index contributed by atoms with van der Waals surface area (Å²) < 4.78 is 27.2. The van der Waals surface area contributed by atoms with Crippen LogP contribution in [0.4, 0.5) is 14.5 Å². The van der Waals surface area contributed by atoms with Gasteiger partial charge in [0.15, 0.2) is 0 Å². The molecule has 0 aliphatic carbocycles. The smallest absolute Gasteiger partial charge is 0.255 e. The number of rotatable bonds is 4. The van der Waals surface area contributed by atoms with Crippen molar-refractivity contribution in [2.75, 3.05) is 11.1 Å². The summed E-state index contributed by atoms with van der Waals surface area (Å²) in [5.74, 6) is -1.33. The number of hydrogen-bond acceptors (Lipinski definition) is 3. The van der Waals surface area contributed by atoms with Gasteiger partial charge in [-0.05, 0) is 73.0 Å². The Kier molecular flexibility index (Phi) is 6.28. The maximum absolute atomic E-state index is 13.8. The number of carbonyl (C=O) groups is 2. The molecule has 1 saturated heterocycles. The molecule has 1 N–H and O–H groups in total. The normalized spacial score (nSPS) is 17.9. The highest BCUT2D eigenvalue weighted by Crippen LogP contribution is 2.42. The van der Waals surface area contributed by atoms with Gasteiger partial charge in [-0.25, -0.2) is 8.78 Å². The van der Waals surface area contributed by atoms with Crippen molar-refractivity contribution in [3.05, 3.63) is 101 Å². The van der Waals surface area contributed by atoms with Crippen molar-refractivity contribution in [1.82, 2.24) is 4.90 Å². The highest BCUT2D eigenvalue weighted by molar-refractivity contribution is 7.99. The van der Waals surface area contributed by atoms with Crippen LogP contribution < -0.4 is 5.32 Å². The minimum Gasteiger partial charge on any atom is -0.324 e. The van der Waals surface area contributed by atoms with E-state index >= 15 is 0 Å². The second kappa shape index (κ2) is 9.12. The van der Waals surface area contributed by atoms with Crippen LogP contribution >= 0.6 is 11.8 Å². The van der Waals surface area contributed by atoms with Gasteiger partial charge >= 0.3 is 0 Å². The van der Waals surface area contributed by atoms with E-state index in [1.165, 1.54) is 47.0 Å². The number of anilines is 1. The number of nitrogens with zero attached hydrogens (tertiary/aromatic N) is 1. The molecule has 0 radical (unpaired) electrons. The third-order valence-electron chi connectivity index (χ3n) is 5.54. The van der Waals surface area contributed by atoms with Gasteiger partial charge in [0.25, 0.3) is 5.91 Å². The quantitative estimate of drug-likeness (QED) is 0.571. The topological polar surface area (TPSA) is 49.4 Å².